The number of hydrogen-bond donors (Lipinski definition) is 2. The van der Waals surface area contributed by atoms with E-state index >= 15 is 0 Å². The van der Waals surface area contributed by atoms with Crippen LogP contribution in [0.3, 0.4) is 0 Å². The van der Waals surface area contributed by atoms with Crippen LogP contribution in [0.4, 0.5) is 11.6 Å². The average molecular weight is 500 g/mol. The van der Waals surface area contributed by atoms with E-state index in [1.54, 1.807) is 42.5 Å². The van der Waals surface area contributed by atoms with E-state index in [1.807, 2.05) is 0 Å². The van der Waals surface area contributed by atoms with Crippen LogP contribution in [0.25, 0.3) is 16.8 Å². The second kappa shape index (κ2) is 9.11. The van der Waals surface area contributed by atoms with Crippen molar-refractivity contribution in [2.24, 2.45) is 0 Å². The number of nitrogens with zero attached hydrogens (tertiary/aromatic N) is 3. The molecule has 1 aliphatic heterocycles. The number of aliphatic hydroxyl groups is 1. The number of anilines is 1. The number of amides is 1. The van der Waals surface area contributed by atoms with Crippen molar-refractivity contribution in [3.63, 3.8) is 0 Å². The number of nitro groups is 1. The van der Waals surface area contributed by atoms with Gasteiger partial charge in [0.05, 0.1) is 41.8 Å². The number of imidazole rings is 1. The largest absolute Gasteiger partial charge is 0.507 e. The number of nitro benzene ring substituents is 1. The second-order valence-corrected chi connectivity index (χ2v) is 8.17. The van der Waals surface area contributed by atoms with Crippen molar-refractivity contribution in [3.05, 3.63) is 93.5 Å². The monoisotopic (exact) mass is 500 g/mol. The van der Waals surface area contributed by atoms with Gasteiger partial charge in [-0.2, -0.15) is 0 Å². The highest BCUT2D eigenvalue weighted by atomic mass is 16.6. The first kappa shape index (κ1) is 23.5. The number of H-pyrrole nitrogens is 1. The quantitative estimate of drug-likeness (QED) is 0.132. The van der Waals surface area contributed by atoms with E-state index in [0.29, 0.717) is 28.1 Å². The summed E-state index contributed by atoms with van der Waals surface area (Å²) in [6, 6.07) is 16.0. The van der Waals surface area contributed by atoms with Crippen LogP contribution in [0, 0.1) is 10.1 Å². The van der Waals surface area contributed by atoms with Crippen LogP contribution in [0.1, 0.15) is 17.2 Å². The van der Waals surface area contributed by atoms with Gasteiger partial charge in [0.15, 0.2) is 11.5 Å². The van der Waals surface area contributed by atoms with E-state index in [-0.39, 0.29) is 22.8 Å². The first-order valence-electron chi connectivity index (χ1n) is 11.1. The van der Waals surface area contributed by atoms with Gasteiger partial charge >= 0.3 is 5.91 Å². The van der Waals surface area contributed by atoms with Gasteiger partial charge in [0.1, 0.15) is 5.76 Å². The molecule has 0 spiro atoms. The summed E-state index contributed by atoms with van der Waals surface area (Å²) in [7, 11) is 2.93. The van der Waals surface area contributed by atoms with Gasteiger partial charge in [0.25, 0.3) is 11.5 Å². The number of carbonyl (C=O) groups excluding carboxylic acids is 2. The number of aromatic amines is 1. The van der Waals surface area contributed by atoms with E-state index in [1.165, 1.54) is 43.4 Å². The average Bonchev–Trinajstić information content (AvgIpc) is 3.46. The third-order valence-corrected chi connectivity index (χ3v) is 6.12. The molecule has 2 N–H and O–H groups in total. The molecular formula is C26H20N4O7. The summed E-state index contributed by atoms with van der Waals surface area (Å²) in [5.74, 6) is -1.41. The minimum absolute atomic E-state index is 0.117. The van der Waals surface area contributed by atoms with Gasteiger partial charge in [-0.25, -0.2) is 4.98 Å². The van der Waals surface area contributed by atoms with Crippen molar-refractivity contribution in [2.45, 2.75) is 6.04 Å². The lowest BCUT2D eigenvalue weighted by molar-refractivity contribution is -0.384. The fraction of sp³-hybridized carbons (Fsp3) is 0.115. The van der Waals surface area contributed by atoms with Crippen LogP contribution in [0.15, 0.2) is 72.3 Å². The maximum absolute atomic E-state index is 13.4. The predicted octanol–water partition coefficient (Wildman–Crippen LogP) is 4.11. The van der Waals surface area contributed by atoms with Crippen molar-refractivity contribution < 1.29 is 29.1 Å². The fourth-order valence-electron chi connectivity index (χ4n) is 4.34. The molecule has 5 rings (SSSR count). The Morgan fingerprint density at radius 2 is 1.73 bits per heavy atom. The molecule has 1 fully saturated rings. The van der Waals surface area contributed by atoms with Crippen molar-refractivity contribution in [1.82, 2.24) is 9.97 Å². The van der Waals surface area contributed by atoms with E-state index in [9.17, 15) is 24.8 Å². The van der Waals surface area contributed by atoms with E-state index < -0.39 is 28.4 Å². The first-order valence-corrected chi connectivity index (χ1v) is 11.1. The number of ketones is 1. The van der Waals surface area contributed by atoms with Crippen molar-refractivity contribution in [1.29, 1.82) is 0 Å². The number of benzene rings is 3. The van der Waals surface area contributed by atoms with Gasteiger partial charge in [-0.1, -0.05) is 18.2 Å². The Morgan fingerprint density at radius 3 is 2.38 bits per heavy atom. The van der Waals surface area contributed by atoms with Gasteiger partial charge in [-0.05, 0) is 42.0 Å². The Balaban J connectivity index is 1.73. The Morgan fingerprint density at radius 1 is 1.03 bits per heavy atom. The molecule has 1 aromatic heterocycles. The zero-order chi connectivity index (χ0) is 26.3. The molecule has 4 aromatic rings. The summed E-state index contributed by atoms with van der Waals surface area (Å²) >= 11 is 0. The number of Topliss-reactive ketones (excluding diaryl/α,β-unsaturated/α-hetero) is 1. The predicted molar refractivity (Wildman–Crippen MR) is 134 cm³/mol. The van der Waals surface area contributed by atoms with Crippen molar-refractivity contribution >= 4 is 40.1 Å². The number of aliphatic hydroxyl groups excluding tert-OH is 1. The number of ether oxygens (including phenoxy) is 2. The number of rotatable bonds is 6. The standard InChI is InChI=1S/C26H20N4O7/c1-36-19-12-9-15(13-20(19)37-2)22-21(23(31)14-7-10-16(11-8-14)30(34)35)24(32)25(33)29(22)26-27-17-5-3-4-6-18(17)28-26/h3-13,22,31H,1-2H3,(H,27,28)/b23-21+. The highest BCUT2D eigenvalue weighted by Gasteiger charge is 2.48. The molecule has 37 heavy (non-hydrogen) atoms. The van der Waals surface area contributed by atoms with Crippen LogP contribution >= 0.6 is 0 Å². The molecule has 1 amide bonds. The molecule has 11 nitrogen and oxygen atoms in total. The summed E-state index contributed by atoms with van der Waals surface area (Å²) in [4.78, 5) is 45.9. The topological polar surface area (TPSA) is 148 Å². The molecule has 3 aromatic carbocycles. The van der Waals surface area contributed by atoms with Crippen LogP contribution in [0.2, 0.25) is 0 Å². The number of carbonyl (C=O) groups is 2. The lowest BCUT2D eigenvalue weighted by atomic mass is 9.95. The van der Waals surface area contributed by atoms with Gasteiger partial charge < -0.3 is 19.6 Å². The van der Waals surface area contributed by atoms with Gasteiger partial charge in [-0.15, -0.1) is 0 Å². The Kier molecular flexibility index (Phi) is 5.80. The molecule has 1 unspecified atom stereocenters. The van der Waals surface area contributed by atoms with Crippen molar-refractivity contribution in [2.75, 3.05) is 19.1 Å². The fourth-order valence-corrected chi connectivity index (χ4v) is 4.34. The van der Waals surface area contributed by atoms with Crippen LogP contribution in [-0.2, 0) is 9.59 Å². The third kappa shape index (κ3) is 3.92. The van der Waals surface area contributed by atoms with Crippen molar-refractivity contribution in [3.8, 4) is 11.5 Å². The van der Waals surface area contributed by atoms with E-state index in [4.69, 9.17) is 9.47 Å². The van der Waals surface area contributed by atoms with Gasteiger partial charge in [0, 0.05) is 17.7 Å². The number of para-hydroxylation sites is 2. The number of hydrogen-bond acceptors (Lipinski definition) is 8. The highest BCUT2D eigenvalue weighted by Crippen LogP contribution is 2.43. The van der Waals surface area contributed by atoms with Crippen LogP contribution in [0.5, 0.6) is 11.5 Å². The summed E-state index contributed by atoms with van der Waals surface area (Å²) in [5, 5.41) is 22.3. The van der Waals surface area contributed by atoms with Gasteiger partial charge in [0.2, 0.25) is 5.95 Å². The Bertz CT molecular complexity index is 1560. The van der Waals surface area contributed by atoms with Crippen LogP contribution < -0.4 is 14.4 Å². The van der Waals surface area contributed by atoms with E-state index in [0.717, 1.165) is 0 Å². The summed E-state index contributed by atoms with van der Waals surface area (Å²) in [6.45, 7) is 0. The molecule has 1 aliphatic rings. The SMILES string of the molecule is COc1ccc(C2/C(=C(\O)c3ccc([N+](=O)[O-])cc3)C(=O)C(=O)N2c2nc3ccccc3[nH]2)cc1OC. The maximum atomic E-state index is 13.4. The molecule has 2 heterocycles. The summed E-state index contributed by atoms with van der Waals surface area (Å²) < 4.78 is 10.7. The summed E-state index contributed by atoms with van der Waals surface area (Å²) in [5.41, 5.74) is 1.43. The molecule has 0 radical (unpaired) electrons. The van der Waals surface area contributed by atoms with Gasteiger partial charge in [-0.3, -0.25) is 24.6 Å². The molecule has 0 saturated carbocycles. The molecule has 11 heteroatoms. The first-order chi connectivity index (χ1) is 17.8. The molecule has 1 atom stereocenters. The normalized spacial score (nSPS) is 16.8. The molecule has 0 aliphatic carbocycles. The number of aromatic nitrogens is 2. The zero-order valence-corrected chi connectivity index (χ0v) is 19.7. The lowest BCUT2D eigenvalue weighted by Crippen LogP contribution is -2.30. The molecule has 1 saturated heterocycles. The van der Waals surface area contributed by atoms with E-state index in [2.05, 4.69) is 9.97 Å². The summed E-state index contributed by atoms with van der Waals surface area (Å²) in [6.07, 6.45) is 0. The number of nitrogens with one attached hydrogen (secondary N) is 1. The molecule has 0 bridgehead atoms. The zero-order valence-electron chi connectivity index (χ0n) is 19.7. The molecule has 186 valence electrons. The second-order valence-electron chi connectivity index (χ2n) is 8.17. The minimum atomic E-state index is -1.09. The number of methoxy groups -OCH3 is 2. The smallest absolute Gasteiger partial charge is 0.302 e. The third-order valence-electron chi connectivity index (χ3n) is 6.12. The maximum Gasteiger partial charge on any atom is 0.302 e. The number of non-ortho nitro benzene ring substituents is 1. The number of fused-ring (bicyclic) bond motifs is 1. The Hall–Kier alpha value is -5.19. The Labute approximate surface area is 209 Å². The highest BCUT2D eigenvalue weighted by molar-refractivity contribution is 6.51. The van der Waals surface area contributed by atoms with Crippen LogP contribution in [-0.4, -0.2) is 45.9 Å². The molecular weight excluding hydrogens is 480 g/mol. The minimum Gasteiger partial charge on any atom is -0.507 e. The lowest BCUT2D eigenvalue weighted by Gasteiger charge is -2.23.